The van der Waals surface area contributed by atoms with E-state index in [1.807, 2.05) is 19.2 Å². The first-order valence-electron chi connectivity index (χ1n) is 7.72. The molecule has 1 aromatic heterocycles. The van der Waals surface area contributed by atoms with Gasteiger partial charge in [-0.3, -0.25) is 4.90 Å². The standard InChI is InChI=1S/C15H24N4O2/c1-18(15-3-2-5-16-17-15)10-14-11-19(6-8-21-14)9-13-4-7-20-12-13/h2-3,5,13-14H,4,6-12H2,1H3/t13-,14-/m0/s1. The van der Waals surface area contributed by atoms with E-state index in [9.17, 15) is 0 Å². The molecule has 2 fully saturated rings. The van der Waals surface area contributed by atoms with Gasteiger partial charge >= 0.3 is 0 Å². The molecule has 0 radical (unpaired) electrons. The van der Waals surface area contributed by atoms with E-state index in [-0.39, 0.29) is 6.10 Å². The third-order valence-corrected chi connectivity index (χ3v) is 4.19. The van der Waals surface area contributed by atoms with Gasteiger partial charge < -0.3 is 14.4 Å². The first-order valence-corrected chi connectivity index (χ1v) is 7.72. The molecule has 21 heavy (non-hydrogen) atoms. The average molecular weight is 292 g/mol. The zero-order valence-electron chi connectivity index (χ0n) is 12.6. The van der Waals surface area contributed by atoms with Crippen LogP contribution in [0, 0.1) is 5.92 Å². The van der Waals surface area contributed by atoms with E-state index < -0.39 is 0 Å². The van der Waals surface area contributed by atoms with Crippen LogP contribution in [0.15, 0.2) is 18.3 Å². The van der Waals surface area contributed by atoms with Gasteiger partial charge in [0.25, 0.3) is 0 Å². The van der Waals surface area contributed by atoms with Crippen molar-refractivity contribution < 1.29 is 9.47 Å². The van der Waals surface area contributed by atoms with Crippen molar-refractivity contribution in [3.8, 4) is 0 Å². The fraction of sp³-hybridized carbons (Fsp3) is 0.733. The summed E-state index contributed by atoms with van der Waals surface area (Å²) in [5.41, 5.74) is 0. The molecule has 2 saturated heterocycles. The monoisotopic (exact) mass is 292 g/mol. The highest BCUT2D eigenvalue weighted by Crippen LogP contribution is 2.17. The molecule has 0 aliphatic carbocycles. The van der Waals surface area contributed by atoms with E-state index in [4.69, 9.17) is 9.47 Å². The Balaban J connectivity index is 1.49. The van der Waals surface area contributed by atoms with Crippen LogP contribution in [-0.4, -0.2) is 74.2 Å². The lowest BCUT2D eigenvalue weighted by Gasteiger charge is -2.35. The number of anilines is 1. The summed E-state index contributed by atoms with van der Waals surface area (Å²) in [6, 6.07) is 3.89. The molecule has 3 rings (SSSR count). The third kappa shape index (κ3) is 4.12. The summed E-state index contributed by atoms with van der Waals surface area (Å²) >= 11 is 0. The summed E-state index contributed by atoms with van der Waals surface area (Å²) in [5.74, 6) is 1.59. The van der Waals surface area contributed by atoms with Crippen LogP contribution in [0.4, 0.5) is 5.82 Å². The lowest BCUT2D eigenvalue weighted by Crippen LogP contribution is -2.48. The first kappa shape index (κ1) is 14.7. The first-order chi connectivity index (χ1) is 10.3. The summed E-state index contributed by atoms with van der Waals surface area (Å²) in [7, 11) is 2.04. The Morgan fingerprint density at radius 3 is 3.14 bits per heavy atom. The van der Waals surface area contributed by atoms with E-state index in [2.05, 4.69) is 20.0 Å². The normalized spacial score (nSPS) is 26.9. The average Bonchev–Trinajstić information content (AvgIpc) is 3.01. The molecule has 0 aromatic carbocycles. The van der Waals surface area contributed by atoms with Crippen LogP contribution >= 0.6 is 0 Å². The fourth-order valence-electron chi connectivity index (χ4n) is 3.05. The molecule has 6 nitrogen and oxygen atoms in total. The number of aromatic nitrogens is 2. The molecule has 0 amide bonds. The molecular weight excluding hydrogens is 268 g/mol. The summed E-state index contributed by atoms with van der Waals surface area (Å²) < 4.78 is 11.4. The second kappa shape index (κ2) is 7.15. The Kier molecular flexibility index (Phi) is 5.00. The Morgan fingerprint density at radius 1 is 1.43 bits per heavy atom. The highest BCUT2D eigenvalue weighted by molar-refractivity contribution is 5.35. The predicted octanol–water partition coefficient (Wildman–Crippen LogP) is 0.650. The van der Waals surface area contributed by atoms with Crippen LogP contribution in [0.3, 0.4) is 0 Å². The van der Waals surface area contributed by atoms with Gasteiger partial charge in [-0.15, -0.1) is 5.10 Å². The number of hydrogen-bond acceptors (Lipinski definition) is 6. The van der Waals surface area contributed by atoms with Gasteiger partial charge in [-0.05, 0) is 24.5 Å². The number of morpholine rings is 1. The minimum atomic E-state index is 0.230. The Bertz CT molecular complexity index is 425. The lowest BCUT2D eigenvalue weighted by molar-refractivity contribution is -0.0284. The molecular formula is C15H24N4O2. The van der Waals surface area contributed by atoms with E-state index in [1.54, 1.807) is 6.20 Å². The van der Waals surface area contributed by atoms with Crippen molar-refractivity contribution in [1.29, 1.82) is 0 Å². The molecule has 2 atom stereocenters. The molecule has 2 aliphatic rings. The van der Waals surface area contributed by atoms with Crippen molar-refractivity contribution in [2.45, 2.75) is 12.5 Å². The van der Waals surface area contributed by atoms with E-state index >= 15 is 0 Å². The number of hydrogen-bond donors (Lipinski definition) is 0. The topological polar surface area (TPSA) is 50.7 Å². The van der Waals surface area contributed by atoms with Crippen molar-refractivity contribution in [1.82, 2.24) is 15.1 Å². The van der Waals surface area contributed by atoms with E-state index in [1.165, 1.54) is 6.42 Å². The number of likely N-dealkylation sites (N-methyl/N-ethyl adjacent to an activating group) is 1. The van der Waals surface area contributed by atoms with Gasteiger partial charge in [0.15, 0.2) is 5.82 Å². The molecule has 0 bridgehead atoms. The van der Waals surface area contributed by atoms with Crippen molar-refractivity contribution in [3.63, 3.8) is 0 Å². The van der Waals surface area contributed by atoms with Crippen molar-refractivity contribution in [2.75, 3.05) is 57.9 Å². The zero-order valence-corrected chi connectivity index (χ0v) is 12.6. The predicted molar refractivity (Wildman–Crippen MR) is 80.4 cm³/mol. The van der Waals surface area contributed by atoms with Gasteiger partial charge in [0.1, 0.15) is 0 Å². The summed E-state index contributed by atoms with van der Waals surface area (Å²) in [6.45, 7) is 6.65. The van der Waals surface area contributed by atoms with E-state index in [0.717, 1.165) is 51.8 Å². The van der Waals surface area contributed by atoms with Crippen LogP contribution in [0.5, 0.6) is 0 Å². The van der Waals surface area contributed by atoms with Crippen molar-refractivity contribution in [2.24, 2.45) is 5.92 Å². The van der Waals surface area contributed by atoms with Crippen LogP contribution < -0.4 is 4.90 Å². The second-order valence-electron chi connectivity index (χ2n) is 5.94. The van der Waals surface area contributed by atoms with Crippen molar-refractivity contribution in [3.05, 3.63) is 18.3 Å². The van der Waals surface area contributed by atoms with Gasteiger partial charge in [0, 0.05) is 46.0 Å². The molecule has 1 aromatic rings. The quantitative estimate of drug-likeness (QED) is 0.794. The van der Waals surface area contributed by atoms with Gasteiger partial charge in [-0.25, -0.2) is 0 Å². The Morgan fingerprint density at radius 2 is 2.38 bits per heavy atom. The maximum Gasteiger partial charge on any atom is 0.151 e. The Hall–Kier alpha value is -1.24. The maximum absolute atomic E-state index is 5.90. The fourth-order valence-corrected chi connectivity index (χ4v) is 3.05. The Labute approximate surface area is 126 Å². The van der Waals surface area contributed by atoms with Crippen molar-refractivity contribution >= 4 is 5.82 Å². The third-order valence-electron chi connectivity index (χ3n) is 4.19. The molecule has 116 valence electrons. The SMILES string of the molecule is CN(C[C@H]1CN(C[C@@H]2CCOC2)CCO1)c1cccnn1. The summed E-state index contributed by atoms with van der Waals surface area (Å²) in [5, 5.41) is 8.06. The van der Waals surface area contributed by atoms with Gasteiger partial charge in [0.2, 0.25) is 0 Å². The lowest BCUT2D eigenvalue weighted by atomic mass is 10.1. The minimum absolute atomic E-state index is 0.230. The van der Waals surface area contributed by atoms with E-state index in [0.29, 0.717) is 5.92 Å². The van der Waals surface area contributed by atoms with Crippen LogP contribution in [-0.2, 0) is 9.47 Å². The molecule has 0 unspecified atom stereocenters. The molecule has 0 N–H and O–H groups in total. The molecule has 0 saturated carbocycles. The number of rotatable bonds is 5. The van der Waals surface area contributed by atoms with Gasteiger partial charge in [-0.2, -0.15) is 5.10 Å². The molecule has 0 spiro atoms. The van der Waals surface area contributed by atoms with Gasteiger partial charge in [-0.1, -0.05) is 0 Å². The van der Waals surface area contributed by atoms with Crippen LogP contribution in [0.2, 0.25) is 0 Å². The largest absolute Gasteiger partial charge is 0.381 e. The zero-order chi connectivity index (χ0) is 14.5. The summed E-state index contributed by atoms with van der Waals surface area (Å²) in [4.78, 5) is 4.62. The van der Waals surface area contributed by atoms with Gasteiger partial charge in [0.05, 0.1) is 19.3 Å². The second-order valence-corrected chi connectivity index (χ2v) is 5.94. The highest BCUT2D eigenvalue weighted by Gasteiger charge is 2.25. The van der Waals surface area contributed by atoms with Crippen LogP contribution in [0.25, 0.3) is 0 Å². The number of nitrogens with zero attached hydrogens (tertiary/aromatic N) is 4. The smallest absolute Gasteiger partial charge is 0.151 e. The number of ether oxygens (including phenoxy) is 2. The molecule has 2 aliphatic heterocycles. The molecule has 3 heterocycles. The maximum atomic E-state index is 5.90. The van der Waals surface area contributed by atoms with Crippen LogP contribution in [0.1, 0.15) is 6.42 Å². The minimum Gasteiger partial charge on any atom is -0.381 e. The highest BCUT2D eigenvalue weighted by atomic mass is 16.5. The summed E-state index contributed by atoms with van der Waals surface area (Å²) in [6.07, 6.45) is 3.12. The molecule has 6 heteroatoms.